The zero-order chi connectivity index (χ0) is 13.1. The van der Waals surface area contributed by atoms with E-state index in [4.69, 9.17) is 5.73 Å². The van der Waals surface area contributed by atoms with Gasteiger partial charge in [0.2, 0.25) is 5.82 Å². The molecule has 0 atom stereocenters. The number of tetrazole rings is 1. The van der Waals surface area contributed by atoms with Crippen molar-refractivity contribution >= 4 is 0 Å². The number of aromatic nitrogens is 5. The second-order valence-corrected chi connectivity index (χ2v) is 3.96. The lowest BCUT2D eigenvalue weighted by molar-refractivity contribution is 0.695. The maximum atomic E-state index is 5.56. The summed E-state index contributed by atoms with van der Waals surface area (Å²) in [6, 6.07) is 15.2. The predicted octanol–water partition coefficient (Wildman–Crippen LogP) is 1.18. The molecule has 3 aromatic rings. The van der Waals surface area contributed by atoms with E-state index in [1.54, 1.807) is 0 Å². The normalized spacial score (nSPS) is 10.6. The van der Waals surface area contributed by atoms with Crippen molar-refractivity contribution in [3.05, 3.63) is 54.2 Å². The van der Waals surface area contributed by atoms with Gasteiger partial charge in [-0.3, -0.25) is 0 Å². The third-order valence-electron chi connectivity index (χ3n) is 2.65. The zero-order valence-electron chi connectivity index (χ0n) is 10.1. The molecule has 0 saturated carbocycles. The molecule has 94 valence electrons. The van der Waals surface area contributed by atoms with Gasteiger partial charge in [-0.15, -0.1) is 15.0 Å². The van der Waals surface area contributed by atoms with Crippen LogP contribution in [0.1, 0.15) is 5.69 Å². The fourth-order valence-electron chi connectivity index (χ4n) is 1.71. The van der Waals surface area contributed by atoms with Gasteiger partial charge in [0, 0.05) is 12.1 Å². The number of pyridine rings is 1. The van der Waals surface area contributed by atoms with Gasteiger partial charge in [0.1, 0.15) is 0 Å². The second-order valence-electron chi connectivity index (χ2n) is 3.96. The van der Waals surface area contributed by atoms with Crippen molar-refractivity contribution < 1.29 is 0 Å². The minimum atomic E-state index is 0.383. The molecule has 1 aromatic carbocycles. The van der Waals surface area contributed by atoms with Gasteiger partial charge in [-0.2, -0.15) is 0 Å². The standard InChI is InChI=1S/C13H12N6/c14-9-11-7-4-8-12(15-11)19-17-13(16-18-19)10-5-2-1-3-6-10/h1-8H,9,14H2. The lowest BCUT2D eigenvalue weighted by Gasteiger charge is -1.99. The summed E-state index contributed by atoms with van der Waals surface area (Å²) in [4.78, 5) is 5.75. The molecule has 0 radical (unpaired) electrons. The first-order chi connectivity index (χ1) is 9.36. The highest BCUT2D eigenvalue weighted by molar-refractivity contribution is 5.53. The van der Waals surface area contributed by atoms with Gasteiger partial charge in [-0.25, -0.2) is 4.98 Å². The van der Waals surface area contributed by atoms with Gasteiger partial charge in [-0.1, -0.05) is 36.4 Å². The summed E-state index contributed by atoms with van der Waals surface area (Å²) in [5.74, 6) is 1.18. The molecule has 0 fully saturated rings. The number of benzene rings is 1. The van der Waals surface area contributed by atoms with E-state index < -0.39 is 0 Å². The maximum Gasteiger partial charge on any atom is 0.205 e. The molecule has 0 aliphatic rings. The Morgan fingerprint density at radius 2 is 1.84 bits per heavy atom. The maximum absolute atomic E-state index is 5.56. The molecule has 0 aliphatic carbocycles. The van der Waals surface area contributed by atoms with E-state index in [2.05, 4.69) is 20.4 Å². The third kappa shape index (κ3) is 2.34. The van der Waals surface area contributed by atoms with E-state index in [0.29, 0.717) is 18.2 Å². The van der Waals surface area contributed by atoms with Crippen LogP contribution in [0.25, 0.3) is 17.2 Å². The number of hydrogen-bond donors (Lipinski definition) is 1. The Bertz CT molecular complexity index is 676. The summed E-state index contributed by atoms with van der Waals surface area (Å²) in [6.07, 6.45) is 0. The molecular formula is C13H12N6. The van der Waals surface area contributed by atoms with Crippen molar-refractivity contribution in [1.29, 1.82) is 0 Å². The molecule has 19 heavy (non-hydrogen) atoms. The molecule has 6 nitrogen and oxygen atoms in total. The molecule has 2 N–H and O–H groups in total. The zero-order valence-corrected chi connectivity index (χ0v) is 10.1. The van der Waals surface area contributed by atoms with Crippen LogP contribution in [0.2, 0.25) is 0 Å². The van der Waals surface area contributed by atoms with E-state index in [0.717, 1.165) is 11.3 Å². The van der Waals surface area contributed by atoms with Crippen molar-refractivity contribution in [1.82, 2.24) is 25.2 Å². The van der Waals surface area contributed by atoms with Gasteiger partial charge in [0.15, 0.2) is 5.82 Å². The van der Waals surface area contributed by atoms with Gasteiger partial charge < -0.3 is 5.73 Å². The van der Waals surface area contributed by atoms with Crippen LogP contribution in [0.15, 0.2) is 48.5 Å². The Labute approximate surface area is 109 Å². The molecule has 2 aromatic heterocycles. The van der Waals surface area contributed by atoms with Gasteiger partial charge >= 0.3 is 0 Å². The highest BCUT2D eigenvalue weighted by Gasteiger charge is 2.07. The first-order valence-corrected chi connectivity index (χ1v) is 5.88. The molecule has 0 spiro atoms. The lowest BCUT2D eigenvalue weighted by Crippen LogP contribution is -2.06. The van der Waals surface area contributed by atoms with Crippen molar-refractivity contribution in [3.63, 3.8) is 0 Å². The lowest BCUT2D eigenvalue weighted by atomic mass is 10.2. The molecule has 2 heterocycles. The number of hydrogen-bond acceptors (Lipinski definition) is 5. The molecule has 0 saturated heterocycles. The summed E-state index contributed by atoms with van der Waals surface area (Å²) in [5.41, 5.74) is 7.27. The Morgan fingerprint density at radius 1 is 1.00 bits per heavy atom. The van der Waals surface area contributed by atoms with Crippen LogP contribution in [0.3, 0.4) is 0 Å². The quantitative estimate of drug-likeness (QED) is 0.757. The van der Waals surface area contributed by atoms with Crippen LogP contribution in [0.5, 0.6) is 0 Å². The van der Waals surface area contributed by atoms with E-state index in [1.807, 2.05) is 48.5 Å². The molecule has 0 bridgehead atoms. The SMILES string of the molecule is NCc1cccc(-n2nnc(-c3ccccc3)n2)n1. The highest BCUT2D eigenvalue weighted by atomic mass is 15.6. The van der Waals surface area contributed by atoms with Crippen LogP contribution < -0.4 is 5.73 Å². The Kier molecular flexibility index (Phi) is 2.99. The fourth-order valence-corrected chi connectivity index (χ4v) is 1.71. The Hall–Kier alpha value is -2.60. The third-order valence-corrected chi connectivity index (χ3v) is 2.65. The van der Waals surface area contributed by atoms with Gasteiger partial charge in [0.05, 0.1) is 5.69 Å². The van der Waals surface area contributed by atoms with E-state index in [-0.39, 0.29) is 0 Å². The average Bonchev–Trinajstić information content (AvgIpc) is 2.98. The number of nitrogens with two attached hydrogens (primary N) is 1. The van der Waals surface area contributed by atoms with Crippen molar-refractivity contribution in [3.8, 4) is 17.2 Å². The van der Waals surface area contributed by atoms with E-state index in [1.165, 1.54) is 4.80 Å². The first-order valence-electron chi connectivity index (χ1n) is 5.88. The highest BCUT2D eigenvalue weighted by Crippen LogP contribution is 2.13. The molecule has 0 amide bonds. The molecule has 6 heteroatoms. The van der Waals surface area contributed by atoms with Crippen LogP contribution >= 0.6 is 0 Å². The Morgan fingerprint density at radius 3 is 2.63 bits per heavy atom. The minimum absolute atomic E-state index is 0.383. The predicted molar refractivity (Wildman–Crippen MR) is 70.3 cm³/mol. The van der Waals surface area contributed by atoms with Crippen LogP contribution in [-0.2, 0) is 6.54 Å². The average molecular weight is 252 g/mol. The summed E-state index contributed by atoms with van der Waals surface area (Å²) >= 11 is 0. The number of rotatable bonds is 3. The first kappa shape index (κ1) is 11.5. The van der Waals surface area contributed by atoms with Crippen LogP contribution in [0.4, 0.5) is 0 Å². The monoisotopic (exact) mass is 252 g/mol. The van der Waals surface area contributed by atoms with E-state index >= 15 is 0 Å². The van der Waals surface area contributed by atoms with Crippen LogP contribution in [0, 0.1) is 0 Å². The van der Waals surface area contributed by atoms with Crippen molar-refractivity contribution in [2.45, 2.75) is 6.54 Å². The molecule has 0 aliphatic heterocycles. The molecule has 0 unspecified atom stereocenters. The van der Waals surface area contributed by atoms with Gasteiger partial charge in [0.25, 0.3) is 0 Å². The number of nitrogens with zero attached hydrogens (tertiary/aromatic N) is 5. The summed E-state index contributed by atoms with van der Waals surface area (Å²) < 4.78 is 0. The van der Waals surface area contributed by atoms with Crippen molar-refractivity contribution in [2.75, 3.05) is 0 Å². The van der Waals surface area contributed by atoms with E-state index in [9.17, 15) is 0 Å². The molecular weight excluding hydrogens is 240 g/mol. The smallest absolute Gasteiger partial charge is 0.205 e. The van der Waals surface area contributed by atoms with Gasteiger partial charge in [-0.05, 0) is 17.3 Å². The minimum Gasteiger partial charge on any atom is -0.325 e. The topological polar surface area (TPSA) is 82.5 Å². The fraction of sp³-hybridized carbons (Fsp3) is 0.0769. The Balaban J connectivity index is 1.97. The van der Waals surface area contributed by atoms with Crippen molar-refractivity contribution in [2.24, 2.45) is 5.73 Å². The second kappa shape index (κ2) is 4.95. The summed E-state index contributed by atoms with van der Waals surface area (Å²) in [6.45, 7) is 0.383. The molecule has 3 rings (SSSR count). The largest absolute Gasteiger partial charge is 0.325 e. The summed E-state index contributed by atoms with van der Waals surface area (Å²) in [7, 11) is 0. The van der Waals surface area contributed by atoms with Crippen LogP contribution in [-0.4, -0.2) is 25.2 Å². The summed E-state index contributed by atoms with van der Waals surface area (Å²) in [5, 5.41) is 12.4.